The number of rotatable bonds is 3. The Morgan fingerprint density at radius 1 is 1.05 bits per heavy atom. The Morgan fingerprint density at radius 3 is 2.35 bits per heavy atom. The van der Waals surface area contributed by atoms with Crippen molar-refractivity contribution in [3.05, 3.63) is 75.8 Å². The summed E-state index contributed by atoms with van der Waals surface area (Å²) >= 11 is 5.99. The highest BCUT2D eigenvalue weighted by molar-refractivity contribution is 6.30. The van der Waals surface area contributed by atoms with E-state index in [1.165, 1.54) is 11.6 Å². The Labute approximate surface area is 123 Å². The molecule has 0 atom stereocenters. The molecule has 2 rings (SSSR count). The molecule has 0 unspecified atom stereocenters. The van der Waals surface area contributed by atoms with Crippen LogP contribution in [0.4, 0.5) is 0 Å². The van der Waals surface area contributed by atoms with Gasteiger partial charge in [-0.1, -0.05) is 41.9 Å². The van der Waals surface area contributed by atoms with E-state index in [2.05, 4.69) is 0 Å². The molecule has 2 aromatic rings. The van der Waals surface area contributed by atoms with Gasteiger partial charge in [0.2, 0.25) is 0 Å². The zero-order valence-electron chi connectivity index (χ0n) is 11.4. The quantitative estimate of drug-likeness (QED) is 0.845. The molecule has 1 N–H and O–H groups in total. The monoisotopic (exact) mass is 286 g/mol. The van der Waals surface area contributed by atoms with Crippen LogP contribution in [0.15, 0.2) is 48.5 Å². The summed E-state index contributed by atoms with van der Waals surface area (Å²) in [6.45, 7) is 4.04. The lowest BCUT2D eigenvalue weighted by Crippen LogP contribution is -1.96. The largest absolute Gasteiger partial charge is 0.478 e. The molecule has 0 heterocycles. The van der Waals surface area contributed by atoms with Gasteiger partial charge in [-0.25, -0.2) is 4.79 Å². The van der Waals surface area contributed by atoms with E-state index in [-0.39, 0.29) is 0 Å². The fraction of sp³-hybridized carbons (Fsp3) is 0.118. The highest BCUT2D eigenvalue weighted by Crippen LogP contribution is 2.27. The van der Waals surface area contributed by atoms with Crippen LogP contribution in [0.1, 0.15) is 22.3 Å². The molecule has 0 saturated carbocycles. The molecule has 0 amide bonds. The molecular formula is C17H15ClO2. The Morgan fingerprint density at radius 2 is 1.75 bits per heavy atom. The van der Waals surface area contributed by atoms with Crippen molar-refractivity contribution >= 4 is 23.1 Å². The van der Waals surface area contributed by atoms with Crippen LogP contribution in [0.25, 0.3) is 5.57 Å². The first-order valence-corrected chi connectivity index (χ1v) is 6.63. The summed E-state index contributed by atoms with van der Waals surface area (Å²) in [5, 5.41) is 9.68. The predicted molar refractivity (Wildman–Crippen MR) is 82.1 cm³/mol. The average molecular weight is 287 g/mol. The number of hydrogen-bond donors (Lipinski definition) is 1. The highest BCUT2D eigenvalue weighted by Gasteiger charge is 2.09. The van der Waals surface area contributed by atoms with Gasteiger partial charge in [-0.2, -0.15) is 0 Å². The zero-order valence-corrected chi connectivity index (χ0v) is 12.1. The van der Waals surface area contributed by atoms with Crippen LogP contribution in [-0.4, -0.2) is 11.1 Å². The third-order valence-electron chi connectivity index (χ3n) is 3.22. The van der Waals surface area contributed by atoms with E-state index in [1.54, 1.807) is 12.1 Å². The van der Waals surface area contributed by atoms with E-state index in [0.29, 0.717) is 10.6 Å². The van der Waals surface area contributed by atoms with E-state index in [1.807, 2.05) is 44.2 Å². The average Bonchev–Trinajstić information content (AvgIpc) is 2.39. The summed E-state index contributed by atoms with van der Waals surface area (Å²) in [6.07, 6.45) is 1.22. The van der Waals surface area contributed by atoms with Gasteiger partial charge in [0, 0.05) is 11.1 Å². The lowest BCUT2D eigenvalue weighted by molar-refractivity contribution is -0.131. The van der Waals surface area contributed by atoms with E-state index in [0.717, 1.165) is 16.7 Å². The molecule has 0 radical (unpaired) electrons. The summed E-state index contributed by atoms with van der Waals surface area (Å²) < 4.78 is 0. The second-order valence-corrected chi connectivity index (χ2v) is 5.14. The molecule has 0 aliphatic rings. The molecule has 2 nitrogen and oxygen atoms in total. The molecule has 0 aliphatic heterocycles. The Bertz CT molecular complexity index is 687. The molecule has 0 saturated heterocycles. The van der Waals surface area contributed by atoms with Crippen LogP contribution >= 0.6 is 11.6 Å². The second-order valence-electron chi connectivity index (χ2n) is 4.71. The fourth-order valence-electron chi connectivity index (χ4n) is 2.02. The fourth-order valence-corrected chi connectivity index (χ4v) is 2.21. The van der Waals surface area contributed by atoms with Crippen molar-refractivity contribution in [2.45, 2.75) is 13.8 Å². The maximum Gasteiger partial charge on any atom is 0.328 e. The van der Waals surface area contributed by atoms with Crippen LogP contribution < -0.4 is 0 Å². The van der Waals surface area contributed by atoms with E-state index >= 15 is 0 Å². The molecule has 0 fully saturated rings. The van der Waals surface area contributed by atoms with Gasteiger partial charge in [0.15, 0.2) is 0 Å². The van der Waals surface area contributed by atoms with Gasteiger partial charge in [0.05, 0.1) is 0 Å². The Kier molecular flexibility index (Phi) is 4.26. The maximum atomic E-state index is 11.1. The topological polar surface area (TPSA) is 37.3 Å². The van der Waals surface area contributed by atoms with Crippen LogP contribution in [0.2, 0.25) is 5.02 Å². The van der Waals surface area contributed by atoms with E-state index < -0.39 is 5.97 Å². The number of halogens is 1. The van der Waals surface area contributed by atoms with Crippen LogP contribution in [-0.2, 0) is 4.79 Å². The first-order valence-electron chi connectivity index (χ1n) is 6.25. The molecule has 0 spiro atoms. The molecule has 102 valence electrons. The summed E-state index contributed by atoms with van der Waals surface area (Å²) in [6, 6.07) is 13.1. The highest BCUT2D eigenvalue weighted by atomic mass is 35.5. The minimum Gasteiger partial charge on any atom is -0.478 e. The zero-order chi connectivity index (χ0) is 14.7. The van der Waals surface area contributed by atoms with E-state index in [4.69, 9.17) is 16.7 Å². The molecule has 2 aromatic carbocycles. The Balaban J connectivity index is 2.59. The van der Waals surface area contributed by atoms with Gasteiger partial charge in [-0.3, -0.25) is 0 Å². The van der Waals surface area contributed by atoms with Crippen molar-refractivity contribution in [2.24, 2.45) is 0 Å². The Hall–Kier alpha value is -2.06. The number of aliphatic carboxylic acids is 1. The van der Waals surface area contributed by atoms with Gasteiger partial charge in [0.1, 0.15) is 0 Å². The number of benzene rings is 2. The smallest absolute Gasteiger partial charge is 0.328 e. The van der Waals surface area contributed by atoms with Crippen molar-refractivity contribution in [3.63, 3.8) is 0 Å². The molecule has 0 bridgehead atoms. The summed E-state index contributed by atoms with van der Waals surface area (Å²) in [7, 11) is 0. The molecule has 3 heteroatoms. The number of carbonyl (C=O) groups is 1. The van der Waals surface area contributed by atoms with Crippen molar-refractivity contribution in [3.8, 4) is 0 Å². The third-order valence-corrected chi connectivity index (χ3v) is 3.46. The minimum atomic E-state index is -0.974. The SMILES string of the molecule is Cc1ccc(/C(=C/C(=O)O)c2cccc(Cl)c2)cc1C. The minimum absolute atomic E-state index is 0.586. The lowest BCUT2D eigenvalue weighted by Gasteiger charge is -2.10. The molecular weight excluding hydrogens is 272 g/mol. The normalized spacial score (nSPS) is 11.4. The lowest BCUT2D eigenvalue weighted by atomic mass is 9.95. The predicted octanol–water partition coefficient (Wildman–Crippen LogP) is 4.47. The van der Waals surface area contributed by atoms with Crippen molar-refractivity contribution in [1.82, 2.24) is 0 Å². The van der Waals surface area contributed by atoms with Crippen molar-refractivity contribution < 1.29 is 9.90 Å². The summed E-state index contributed by atoms with van der Waals surface area (Å²) in [5.74, 6) is -0.974. The standard InChI is InChI=1S/C17H15ClO2/c1-11-6-7-14(8-12(11)2)16(10-17(19)20)13-4-3-5-15(18)9-13/h3-10H,1-2H3,(H,19,20)/b16-10+. The van der Waals surface area contributed by atoms with Gasteiger partial charge in [-0.15, -0.1) is 0 Å². The van der Waals surface area contributed by atoms with E-state index in [9.17, 15) is 4.79 Å². The summed E-state index contributed by atoms with van der Waals surface area (Å²) in [5.41, 5.74) is 4.62. The number of aryl methyl sites for hydroxylation is 2. The van der Waals surface area contributed by atoms with Crippen LogP contribution in [0, 0.1) is 13.8 Å². The van der Waals surface area contributed by atoms with Gasteiger partial charge in [-0.05, 0) is 53.8 Å². The molecule has 0 aliphatic carbocycles. The maximum absolute atomic E-state index is 11.1. The van der Waals surface area contributed by atoms with Gasteiger partial charge < -0.3 is 5.11 Å². The second kappa shape index (κ2) is 5.93. The van der Waals surface area contributed by atoms with Gasteiger partial charge >= 0.3 is 5.97 Å². The van der Waals surface area contributed by atoms with Crippen molar-refractivity contribution in [1.29, 1.82) is 0 Å². The number of carboxylic acids is 1. The summed E-state index contributed by atoms with van der Waals surface area (Å²) in [4.78, 5) is 11.1. The third kappa shape index (κ3) is 3.28. The van der Waals surface area contributed by atoms with Crippen LogP contribution in [0.3, 0.4) is 0 Å². The van der Waals surface area contributed by atoms with Crippen LogP contribution in [0.5, 0.6) is 0 Å². The molecule has 0 aromatic heterocycles. The first-order chi connectivity index (χ1) is 9.47. The first kappa shape index (κ1) is 14.4. The molecule has 20 heavy (non-hydrogen) atoms. The van der Waals surface area contributed by atoms with Gasteiger partial charge in [0.25, 0.3) is 0 Å². The number of carboxylic acid groups (broad SMARTS) is 1. The number of hydrogen-bond acceptors (Lipinski definition) is 1. The van der Waals surface area contributed by atoms with Crippen molar-refractivity contribution in [2.75, 3.05) is 0 Å².